The van der Waals surface area contributed by atoms with Crippen LogP contribution in [0.15, 0.2) is 18.5 Å². The lowest BCUT2D eigenvalue weighted by Gasteiger charge is -2.32. The van der Waals surface area contributed by atoms with Gasteiger partial charge in [0, 0.05) is 42.5 Å². The van der Waals surface area contributed by atoms with Gasteiger partial charge in [-0.3, -0.25) is 9.69 Å². The van der Waals surface area contributed by atoms with E-state index in [0.717, 1.165) is 31.0 Å². The Balaban J connectivity index is 0.000000396. The summed E-state index contributed by atoms with van der Waals surface area (Å²) in [4.78, 5) is 31.0. The van der Waals surface area contributed by atoms with Crippen LogP contribution in [0.25, 0.3) is 0 Å². The number of carboxylic acid groups (broad SMARTS) is 1. The molecular weight excluding hydrogens is 421 g/mol. The molecule has 7 nitrogen and oxygen atoms in total. The number of aryl methyl sites for hydroxylation is 2. The molecule has 0 aliphatic carbocycles. The first kappa shape index (κ1) is 23.9. The number of carboxylic acids is 1. The number of nitrogens with one attached hydrogen (secondary N) is 1. The van der Waals surface area contributed by atoms with Crippen molar-refractivity contribution in [2.24, 2.45) is 7.05 Å². The minimum absolute atomic E-state index is 0.0944. The normalized spacial score (nSPS) is 16.6. The van der Waals surface area contributed by atoms with Gasteiger partial charge in [-0.05, 0) is 32.9 Å². The highest BCUT2D eigenvalue weighted by Gasteiger charge is 2.38. The van der Waals surface area contributed by atoms with Crippen LogP contribution in [0.2, 0.25) is 0 Å². The number of aliphatic carboxylic acids is 1. The summed E-state index contributed by atoms with van der Waals surface area (Å²) in [6, 6.07) is 4.48. The molecule has 0 aromatic carbocycles. The summed E-state index contributed by atoms with van der Waals surface area (Å²) in [5.74, 6) is -2.82. The second kappa shape index (κ2) is 9.61. The minimum atomic E-state index is -5.08. The maximum atomic E-state index is 12.6. The molecule has 1 atom stereocenters. The van der Waals surface area contributed by atoms with E-state index < -0.39 is 12.1 Å². The summed E-state index contributed by atoms with van der Waals surface area (Å²) < 4.78 is 33.7. The SMILES string of the molecule is Cc1ccc(CN2Cc3ncn(C)c3C(C(=O)NC(C)C)C2)s1.O=C(O)C(F)(F)F. The first-order valence-electron chi connectivity index (χ1n) is 9.26. The van der Waals surface area contributed by atoms with Gasteiger partial charge < -0.3 is 15.0 Å². The number of imidazole rings is 1. The fourth-order valence-corrected chi connectivity index (χ4v) is 4.11. The number of rotatable bonds is 4. The number of thiophene rings is 1. The first-order chi connectivity index (χ1) is 13.9. The van der Waals surface area contributed by atoms with Gasteiger partial charge in [-0.2, -0.15) is 13.2 Å². The van der Waals surface area contributed by atoms with E-state index in [9.17, 15) is 18.0 Å². The molecular formula is C19H25F3N4O3S. The highest BCUT2D eigenvalue weighted by Crippen LogP contribution is 2.29. The van der Waals surface area contributed by atoms with Crippen LogP contribution in [0.3, 0.4) is 0 Å². The van der Waals surface area contributed by atoms with E-state index in [-0.39, 0.29) is 17.9 Å². The topological polar surface area (TPSA) is 87.5 Å². The largest absolute Gasteiger partial charge is 0.490 e. The quantitative estimate of drug-likeness (QED) is 0.754. The summed E-state index contributed by atoms with van der Waals surface area (Å²) in [5, 5.41) is 10.2. The van der Waals surface area contributed by atoms with Crippen molar-refractivity contribution in [1.82, 2.24) is 19.8 Å². The number of hydrogen-bond acceptors (Lipinski definition) is 5. The second-order valence-corrected chi connectivity index (χ2v) is 8.76. The van der Waals surface area contributed by atoms with Crippen LogP contribution in [0.1, 0.15) is 40.9 Å². The summed E-state index contributed by atoms with van der Waals surface area (Å²) in [5.41, 5.74) is 2.08. The van der Waals surface area contributed by atoms with E-state index in [4.69, 9.17) is 9.90 Å². The summed E-state index contributed by atoms with van der Waals surface area (Å²) in [7, 11) is 1.97. The molecule has 2 N–H and O–H groups in total. The minimum Gasteiger partial charge on any atom is -0.475 e. The Morgan fingerprint density at radius 1 is 1.37 bits per heavy atom. The number of nitrogens with zero attached hydrogens (tertiary/aromatic N) is 3. The number of alkyl halides is 3. The first-order valence-corrected chi connectivity index (χ1v) is 10.1. The zero-order valence-corrected chi connectivity index (χ0v) is 18.0. The van der Waals surface area contributed by atoms with Crippen molar-refractivity contribution < 1.29 is 27.9 Å². The highest BCUT2D eigenvalue weighted by atomic mass is 32.1. The molecule has 1 unspecified atom stereocenters. The van der Waals surface area contributed by atoms with E-state index >= 15 is 0 Å². The molecule has 1 amide bonds. The van der Waals surface area contributed by atoms with Crippen molar-refractivity contribution in [3.05, 3.63) is 39.6 Å². The lowest BCUT2D eigenvalue weighted by Crippen LogP contribution is -2.43. The van der Waals surface area contributed by atoms with E-state index in [2.05, 4.69) is 34.3 Å². The third-order valence-corrected chi connectivity index (χ3v) is 5.36. The van der Waals surface area contributed by atoms with Crippen LogP contribution in [0.4, 0.5) is 13.2 Å². The predicted octanol–water partition coefficient (Wildman–Crippen LogP) is 3.05. The molecule has 2 aromatic rings. The summed E-state index contributed by atoms with van der Waals surface area (Å²) in [6.45, 7) is 8.54. The number of amides is 1. The van der Waals surface area contributed by atoms with Crippen molar-refractivity contribution in [3.63, 3.8) is 0 Å². The molecule has 0 saturated carbocycles. The van der Waals surface area contributed by atoms with Crippen LogP contribution >= 0.6 is 11.3 Å². The van der Waals surface area contributed by atoms with Gasteiger partial charge in [-0.1, -0.05) is 0 Å². The molecule has 0 radical (unpaired) electrons. The van der Waals surface area contributed by atoms with E-state index in [1.807, 2.05) is 43.1 Å². The fraction of sp³-hybridized carbons (Fsp3) is 0.526. The molecule has 2 aromatic heterocycles. The molecule has 0 bridgehead atoms. The number of fused-ring (bicyclic) bond motifs is 1. The number of carbonyl (C=O) groups is 2. The maximum Gasteiger partial charge on any atom is 0.490 e. The summed E-state index contributed by atoms with van der Waals surface area (Å²) >= 11 is 1.82. The van der Waals surface area contributed by atoms with Crippen molar-refractivity contribution >= 4 is 23.2 Å². The van der Waals surface area contributed by atoms with Crippen LogP contribution < -0.4 is 5.32 Å². The van der Waals surface area contributed by atoms with Gasteiger partial charge in [0.2, 0.25) is 5.91 Å². The number of carbonyl (C=O) groups excluding carboxylic acids is 1. The third-order valence-electron chi connectivity index (χ3n) is 4.37. The molecule has 166 valence electrons. The van der Waals surface area contributed by atoms with Crippen molar-refractivity contribution in [2.75, 3.05) is 6.54 Å². The Morgan fingerprint density at radius 2 is 2.00 bits per heavy atom. The van der Waals surface area contributed by atoms with Crippen molar-refractivity contribution in [3.8, 4) is 0 Å². The maximum absolute atomic E-state index is 12.6. The average Bonchev–Trinajstić information content (AvgIpc) is 3.19. The highest BCUT2D eigenvalue weighted by molar-refractivity contribution is 7.11. The Morgan fingerprint density at radius 3 is 2.50 bits per heavy atom. The molecule has 0 spiro atoms. The molecule has 3 rings (SSSR count). The Kier molecular flexibility index (Phi) is 7.64. The number of aromatic nitrogens is 2. The van der Waals surface area contributed by atoms with E-state index in [0.29, 0.717) is 0 Å². The van der Waals surface area contributed by atoms with Crippen LogP contribution in [-0.4, -0.2) is 50.2 Å². The smallest absolute Gasteiger partial charge is 0.475 e. The second-order valence-electron chi connectivity index (χ2n) is 7.39. The number of halogens is 3. The van der Waals surface area contributed by atoms with Crippen LogP contribution in [-0.2, 0) is 29.7 Å². The summed E-state index contributed by atoms with van der Waals surface area (Å²) in [6.07, 6.45) is -3.26. The lowest BCUT2D eigenvalue weighted by atomic mass is 9.96. The fourth-order valence-electron chi connectivity index (χ4n) is 3.18. The van der Waals surface area contributed by atoms with Gasteiger partial charge in [-0.15, -0.1) is 11.3 Å². The molecule has 3 heterocycles. The molecule has 30 heavy (non-hydrogen) atoms. The zero-order valence-electron chi connectivity index (χ0n) is 17.2. The third kappa shape index (κ3) is 6.30. The van der Waals surface area contributed by atoms with Gasteiger partial charge in [0.25, 0.3) is 0 Å². The number of hydrogen-bond donors (Lipinski definition) is 2. The molecule has 0 fully saturated rings. The Labute approximate surface area is 176 Å². The van der Waals surface area contributed by atoms with Gasteiger partial charge in [0.1, 0.15) is 0 Å². The van der Waals surface area contributed by atoms with Crippen LogP contribution in [0.5, 0.6) is 0 Å². The van der Waals surface area contributed by atoms with Crippen LogP contribution in [0, 0.1) is 6.92 Å². The zero-order chi connectivity index (χ0) is 22.6. The van der Waals surface area contributed by atoms with Gasteiger partial charge in [-0.25, -0.2) is 9.78 Å². The predicted molar refractivity (Wildman–Crippen MR) is 106 cm³/mol. The van der Waals surface area contributed by atoms with E-state index in [1.54, 1.807) is 0 Å². The lowest BCUT2D eigenvalue weighted by molar-refractivity contribution is -0.192. The molecule has 1 aliphatic rings. The Bertz CT molecular complexity index is 892. The Hall–Kier alpha value is -2.40. The molecule has 11 heteroatoms. The molecule has 0 saturated heterocycles. The average molecular weight is 446 g/mol. The van der Waals surface area contributed by atoms with Crippen molar-refractivity contribution in [2.45, 2.75) is 52.0 Å². The van der Waals surface area contributed by atoms with Crippen molar-refractivity contribution in [1.29, 1.82) is 0 Å². The van der Waals surface area contributed by atoms with Gasteiger partial charge in [0.15, 0.2) is 0 Å². The van der Waals surface area contributed by atoms with Gasteiger partial charge >= 0.3 is 12.1 Å². The van der Waals surface area contributed by atoms with Gasteiger partial charge in [0.05, 0.1) is 23.6 Å². The monoisotopic (exact) mass is 446 g/mol. The molecule has 1 aliphatic heterocycles. The standard InChI is InChI=1S/C17H24N4OS.C2HF3O2/c1-11(2)19-17(22)14-8-21(7-13-6-5-12(3)23-13)9-15-16(14)20(4)10-18-15;3-2(4,5)1(6)7/h5-6,10-11,14H,7-9H2,1-4H3,(H,19,22);(H,6,7). The van der Waals surface area contributed by atoms with E-state index in [1.165, 1.54) is 9.75 Å².